The molecule has 0 aliphatic heterocycles. The molecule has 1 atom stereocenters. The highest BCUT2D eigenvalue weighted by molar-refractivity contribution is 6.31. The van der Waals surface area contributed by atoms with Crippen molar-refractivity contribution in [2.75, 3.05) is 11.9 Å². The quantitative estimate of drug-likeness (QED) is 0.769. The average Bonchev–Trinajstić information content (AvgIpc) is 2.33. The number of nitrogens with two attached hydrogens (primary N) is 1. The zero-order valence-corrected chi connectivity index (χ0v) is 11.6. The van der Waals surface area contributed by atoms with E-state index in [1.807, 2.05) is 19.1 Å². The molecular formula is C13H20ClN3O. The van der Waals surface area contributed by atoms with Crippen LogP contribution in [0.2, 0.25) is 5.02 Å². The predicted molar refractivity (Wildman–Crippen MR) is 76.1 cm³/mol. The first-order chi connectivity index (χ1) is 8.56. The normalized spacial score (nSPS) is 12.0. The molecule has 0 spiro atoms. The van der Waals surface area contributed by atoms with Crippen LogP contribution in [0.1, 0.15) is 25.3 Å². The van der Waals surface area contributed by atoms with Crippen LogP contribution < -0.4 is 16.4 Å². The summed E-state index contributed by atoms with van der Waals surface area (Å²) in [5.74, 6) is 0. The van der Waals surface area contributed by atoms with Gasteiger partial charge < -0.3 is 16.4 Å². The van der Waals surface area contributed by atoms with Crippen LogP contribution in [-0.2, 0) is 0 Å². The third-order valence-corrected chi connectivity index (χ3v) is 3.09. The maximum absolute atomic E-state index is 11.7. The lowest BCUT2D eigenvalue weighted by atomic mass is 10.2. The number of aryl methyl sites for hydroxylation is 1. The monoisotopic (exact) mass is 269 g/mol. The number of hydrogen-bond acceptors (Lipinski definition) is 2. The van der Waals surface area contributed by atoms with Gasteiger partial charge in [0.25, 0.3) is 0 Å². The van der Waals surface area contributed by atoms with Gasteiger partial charge in [-0.25, -0.2) is 4.79 Å². The van der Waals surface area contributed by atoms with Crippen molar-refractivity contribution < 1.29 is 4.79 Å². The number of urea groups is 1. The summed E-state index contributed by atoms with van der Waals surface area (Å²) in [6.45, 7) is 4.41. The fraction of sp³-hybridized carbons (Fsp3) is 0.462. The molecule has 1 aromatic carbocycles. The summed E-state index contributed by atoms with van der Waals surface area (Å²) >= 11 is 5.99. The van der Waals surface area contributed by atoms with E-state index in [2.05, 4.69) is 17.6 Å². The van der Waals surface area contributed by atoms with Crippen LogP contribution in [0.4, 0.5) is 10.5 Å². The van der Waals surface area contributed by atoms with E-state index >= 15 is 0 Å². The smallest absolute Gasteiger partial charge is 0.319 e. The average molecular weight is 270 g/mol. The van der Waals surface area contributed by atoms with Gasteiger partial charge in [0.2, 0.25) is 0 Å². The Balaban J connectivity index is 2.55. The first-order valence-corrected chi connectivity index (χ1v) is 6.48. The number of carbonyl (C=O) groups excluding carboxylic acids is 1. The van der Waals surface area contributed by atoms with Crippen LogP contribution in [-0.4, -0.2) is 18.6 Å². The highest BCUT2D eigenvalue weighted by Gasteiger charge is 2.09. The number of benzene rings is 1. The molecule has 0 saturated heterocycles. The van der Waals surface area contributed by atoms with Crippen LogP contribution in [0.3, 0.4) is 0 Å². The molecule has 5 heteroatoms. The van der Waals surface area contributed by atoms with Crippen molar-refractivity contribution in [3.8, 4) is 0 Å². The zero-order chi connectivity index (χ0) is 13.5. The van der Waals surface area contributed by atoms with Gasteiger partial charge in [0.05, 0.1) is 0 Å². The lowest BCUT2D eigenvalue weighted by Crippen LogP contribution is -2.42. The highest BCUT2D eigenvalue weighted by atomic mass is 35.5. The first-order valence-electron chi connectivity index (χ1n) is 6.10. The van der Waals surface area contributed by atoms with Crippen LogP contribution in [0.15, 0.2) is 18.2 Å². The molecular weight excluding hydrogens is 250 g/mol. The van der Waals surface area contributed by atoms with Crippen molar-refractivity contribution in [3.05, 3.63) is 28.8 Å². The maximum atomic E-state index is 11.7. The Morgan fingerprint density at radius 2 is 2.22 bits per heavy atom. The maximum Gasteiger partial charge on any atom is 0.319 e. The third kappa shape index (κ3) is 4.55. The number of halogens is 1. The standard InChI is InChI=1S/C13H20ClN3O/c1-3-4-11(8-15)17-13(18)16-10-6-5-9(2)12(14)7-10/h5-7,11H,3-4,8,15H2,1-2H3,(H2,16,17,18). The second-order valence-electron chi connectivity index (χ2n) is 4.28. The topological polar surface area (TPSA) is 67.1 Å². The highest BCUT2D eigenvalue weighted by Crippen LogP contribution is 2.19. The molecule has 0 aliphatic carbocycles. The van der Waals surface area contributed by atoms with Crippen molar-refractivity contribution >= 4 is 23.3 Å². The van der Waals surface area contributed by atoms with Crippen LogP contribution in [0.5, 0.6) is 0 Å². The largest absolute Gasteiger partial charge is 0.334 e. The SMILES string of the molecule is CCCC(CN)NC(=O)Nc1ccc(C)c(Cl)c1. The summed E-state index contributed by atoms with van der Waals surface area (Å²) in [6, 6.07) is 5.17. The molecule has 0 aliphatic rings. The Bertz CT molecular complexity index is 409. The molecule has 0 fully saturated rings. The van der Waals surface area contributed by atoms with Crippen molar-refractivity contribution in [2.45, 2.75) is 32.7 Å². The van der Waals surface area contributed by atoms with Gasteiger partial charge in [-0.3, -0.25) is 0 Å². The van der Waals surface area contributed by atoms with Gasteiger partial charge in [0, 0.05) is 23.3 Å². The van der Waals surface area contributed by atoms with Gasteiger partial charge in [-0.05, 0) is 31.0 Å². The molecule has 1 unspecified atom stereocenters. The fourth-order valence-corrected chi connectivity index (χ4v) is 1.80. The van der Waals surface area contributed by atoms with Gasteiger partial charge in [-0.15, -0.1) is 0 Å². The molecule has 0 radical (unpaired) electrons. The van der Waals surface area contributed by atoms with Gasteiger partial charge in [-0.1, -0.05) is 31.0 Å². The van der Waals surface area contributed by atoms with Crippen molar-refractivity contribution in [3.63, 3.8) is 0 Å². The fourth-order valence-electron chi connectivity index (χ4n) is 1.62. The van der Waals surface area contributed by atoms with E-state index in [1.165, 1.54) is 0 Å². The minimum atomic E-state index is -0.251. The number of amides is 2. The van der Waals surface area contributed by atoms with Gasteiger partial charge in [-0.2, -0.15) is 0 Å². The van der Waals surface area contributed by atoms with E-state index in [1.54, 1.807) is 6.07 Å². The summed E-state index contributed by atoms with van der Waals surface area (Å²) in [5.41, 5.74) is 7.24. The molecule has 0 aromatic heterocycles. The molecule has 0 bridgehead atoms. The van der Waals surface area contributed by atoms with E-state index in [4.69, 9.17) is 17.3 Å². The third-order valence-electron chi connectivity index (χ3n) is 2.69. The minimum absolute atomic E-state index is 0.0101. The Morgan fingerprint density at radius 1 is 1.50 bits per heavy atom. The van der Waals surface area contributed by atoms with E-state index in [-0.39, 0.29) is 12.1 Å². The van der Waals surface area contributed by atoms with Crippen molar-refractivity contribution in [2.24, 2.45) is 5.73 Å². The lowest BCUT2D eigenvalue weighted by Gasteiger charge is -2.16. The lowest BCUT2D eigenvalue weighted by molar-refractivity contribution is 0.248. The minimum Gasteiger partial charge on any atom is -0.334 e. The molecule has 0 heterocycles. The van der Waals surface area contributed by atoms with E-state index in [9.17, 15) is 4.79 Å². The Kier molecular flexibility index (Phi) is 5.95. The van der Waals surface area contributed by atoms with Crippen molar-refractivity contribution in [1.82, 2.24) is 5.32 Å². The molecule has 1 rings (SSSR count). The second kappa shape index (κ2) is 7.24. The Morgan fingerprint density at radius 3 is 2.78 bits per heavy atom. The van der Waals surface area contributed by atoms with Gasteiger partial charge in [0.15, 0.2) is 0 Å². The molecule has 18 heavy (non-hydrogen) atoms. The molecule has 4 N–H and O–H groups in total. The number of anilines is 1. The molecule has 2 amide bonds. The Hall–Kier alpha value is -1.26. The van der Waals surface area contributed by atoms with E-state index < -0.39 is 0 Å². The summed E-state index contributed by atoms with van der Waals surface area (Å²) in [7, 11) is 0. The van der Waals surface area contributed by atoms with Crippen molar-refractivity contribution in [1.29, 1.82) is 0 Å². The van der Waals surface area contributed by atoms with Gasteiger partial charge in [0.1, 0.15) is 0 Å². The van der Waals surface area contributed by atoms with E-state index in [0.717, 1.165) is 18.4 Å². The summed E-state index contributed by atoms with van der Waals surface area (Å²) in [4.78, 5) is 11.7. The predicted octanol–water partition coefficient (Wildman–Crippen LogP) is 2.90. The van der Waals surface area contributed by atoms with Crippen LogP contribution in [0.25, 0.3) is 0 Å². The van der Waals surface area contributed by atoms with Crippen LogP contribution in [0, 0.1) is 6.92 Å². The molecule has 4 nitrogen and oxygen atoms in total. The number of nitrogens with one attached hydrogen (secondary N) is 2. The molecule has 1 aromatic rings. The molecule has 100 valence electrons. The van der Waals surface area contributed by atoms with E-state index in [0.29, 0.717) is 17.3 Å². The Labute approximate surface area is 113 Å². The zero-order valence-electron chi connectivity index (χ0n) is 10.8. The summed E-state index contributed by atoms with van der Waals surface area (Å²) < 4.78 is 0. The summed E-state index contributed by atoms with van der Waals surface area (Å²) in [5, 5.41) is 6.21. The molecule has 0 saturated carbocycles. The number of hydrogen-bond donors (Lipinski definition) is 3. The van der Waals surface area contributed by atoms with Crippen LogP contribution >= 0.6 is 11.6 Å². The number of rotatable bonds is 5. The second-order valence-corrected chi connectivity index (χ2v) is 4.69. The number of carbonyl (C=O) groups is 1. The summed E-state index contributed by atoms with van der Waals surface area (Å²) in [6.07, 6.45) is 1.86. The first kappa shape index (κ1) is 14.8. The van der Waals surface area contributed by atoms with Gasteiger partial charge >= 0.3 is 6.03 Å².